The summed E-state index contributed by atoms with van der Waals surface area (Å²) in [5.41, 5.74) is 2.60. The number of carbonyl (C=O) groups excluding carboxylic acids is 1. The molecule has 3 nitrogen and oxygen atoms in total. The molecule has 1 aromatic carbocycles. The lowest BCUT2D eigenvalue weighted by Crippen LogP contribution is -2.00. The van der Waals surface area contributed by atoms with E-state index in [1.54, 1.807) is 12.4 Å². The Morgan fingerprint density at radius 2 is 2.16 bits per heavy atom. The third-order valence-electron chi connectivity index (χ3n) is 3.14. The van der Waals surface area contributed by atoms with Gasteiger partial charge in [-0.15, -0.1) is 0 Å². The Balaban J connectivity index is 2.11. The van der Waals surface area contributed by atoms with Crippen LogP contribution in [0.25, 0.3) is 10.9 Å². The van der Waals surface area contributed by atoms with E-state index in [-0.39, 0.29) is 0 Å². The lowest BCUT2D eigenvalue weighted by atomic mass is 10.1. The summed E-state index contributed by atoms with van der Waals surface area (Å²) in [6.07, 6.45) is 6.19. The highest BCUT2D eigenvalue weighted by Gasteiger charge is 2.08. The van der Waals surface area contributed by atoms with Gasteiger partial charge >= 0.3 is 0 Å². The van der Waals surface area contributed by atoms with Crippen molar-refractivity contribution in [2.24, 2.45) is 0 Å². The molecule has 0 fully saturated rings. The van der Waals surface area contributed by atoms with Crippen molar-refractivity contribution >= 4 is 28.8 Å². The van der Waals surface area contributed by atoms with Crippen LogP contribution in [0.2, 0.25) is 5.02 Å². The molecular weight excluding hydrogens is 260 g/mol. The number of aromatic nitrogens is 2. The summed E-state index contributed by atoms with van der Waals surface area (Å²) in [5.74, 6) is 0. The summed E-state index contributed by atoms with van der Waals surface area (Å²) in [5, 5.41) is 1.68. The molecule has 0 saturated heterocycles. The minimum atomic E-state index is 0.621. The van der Waals surface area contributed by atoms with E-state index in [0.717, 1.165) is 22.8 Å². The number of para-hydroxylation sites is 1. The predicted octanol–water partition coefficient (Wildman–Crippen LogP) is 3.55. The Labute approximate surface area is 115 Å². The van der Waals surface area contributed by atoms with Gasteiger partial charge in [-0.2, -0.15) is 0 Å². The molecule has 0 radical (unpaired) electrons. The van der Waals surface area contributed by atoms with Crippen molar-refractivity contribution in [3.05, 3.63) is 65.1 Å². The molecule has 2 aromatic heterocycles. The third kappa shape index (κ3) is 2.13. The van der Waals surface area contributed by atoms with Gasteiger partial charge in [0.2, 0.25) is 0 Å². The van der Waals surface area contributed by atoms with Gasteiger partial charge in [0.25, 0.3) is 0 Å². The Morgan fingerprint density at radius 3 is 2.95 bits per heavy atom. The second kappa shape index (κ2) is 4.86. The van der Waals surface area contributed by atoms with Crippen LogP contribution < -0.4 is 0 Å². The molecule has 0 aliphatic heterocycles. The molecule has 19 heavy (non-hydrogen) atoms. The van der Waals surface area contributed by atoms with Gasteiger partial charge in [-0.1, -0.05) is 23.7 Å². The summed E-state index contributed by atoms with van der Waals surface area (Å²) < 4.78 is 2.03. The summed E-state index contributed by atoms with van der Waals surface area (Å²) in [7, 11) is 0. The molecule has 0 atom stereocenters. The first-order chi connectivity index (χ1) is 9.29. The topological polar surface area (TPSA) is 34.9 Å². The van der Waals surface area contributed by atoms with Gasteiger partial charge < -0.3 is 4.57 Å². The van der Waals surface area contributed by atoms with Crippen LogP contribution >= 0.6 is 11.6 Å². The van der Waals surface area contributed by atoms with Crippen molar-refractivity contribution in [2.75, 3.05) is 0 Å². The second-order valence-electron chi connectivity index (χ2n) is 4.31. The maximum absolute atomic E-state index is 11.1. The SMILES string of the molecule is O=Cc1cccc2ccn(Cc3ccncc3Cl)c12. The molecule has 0 amide bonds. The van der Waals surface area contributed by atoms with Crippen LogP contribution in [0.15, 0.2) is 48.9 Å². The number of halogens is 1. The fourth-order valence-corrected chi connectivity index (χ4v) is 2.41. The maximum Gasteiger partial charge on any atom is 0.152 e. The number of hydrogen-bond donors (Lipinski definition) is 0. The molecule has 0 saturated carbocycles. The fraction of sp³-hybridized carbons (Fsp3) is 0.0667. The van der Waals surface area contributed by atoms with E-state index in [2.05, 4.69) is 4.98 Å². The zero-order valence-electron chi connectivity index (χ0n) is 10.1. The number of fused-ring (bicyclic) bond motifs is 1. The van der Waals surface area contributed by atoms with Crippen LogP contribution in [0.3, 0.4) is 0 Å². The summed E-state index contributed by atoms with van der Waals surface area (Å²) in [6, 6.07) is 9.58. The molecule has 0 bridgehead atoms. The number of aldehydes is 1. The molecule has 4 heteroatoms. The largest absolute Gasteiger partial charge is 0.342 e. The van der Waals surface area contributed by atoms with Gasteiger partial charge in [0.15, 0.2) is 6.29 Å². The first-order valence-electron chi connectivity index (χ1n) is 5.91. The molecule has 2 heterocycles. The minimum absolute atomic E-state index is 0.621. The standard InChI is InChI=1S/C15H11ClN2O/c16-14-8-17-6-4-12(14)9-18-7-5-11-2-1-3-13(10-19)15(11)18/h1-8,10H,9H2. The average molecular weight is 271 g/mol. The van der Waals surface area contributed by atoms with Crippen LogP contribution in [0.5, 0.6) is 0 Å². The lowest BCUT2D eigenvalue weighted by molar-refractivity contribution is 0.112. The molecule has 0 N–H and O–H groups in total. The van der Waals surface area contributed by atoms with E-state index in [9.17, 15) is 4.79 Å². The third-order valence-corrected chi connectivity index (χ3v) is 3.48. The fourth-order valence-electron chi connectivity index (χ4n) is 2.23. The Morgan fingerprint density at radius 1 is 1.26 bits per heavy atom. The lowest BCUT2D eigenvalue weighted by Gasteiger charge is -2.08. The van der Waals surface area contributed by atoms with Gasteiger partial charge in [-0.3, -0.25) is 9.78 Å². The molecule has 94 valence electrons. The van der Waals surface area contributed by atoms with E-state index in [1.165, 1.54) is 0 Å². The number of carbonyl (C=O) groups is 1. The van der Waals surface area contributed by atoms with Crippen LogP contribution in [0.4, 0.5) is 0 Å². The minimum Gasteiger partial charge on any atom is -0.342 e. The molecular formula is C15H11ClN2O. The van der Waals surface area contributed by atoms with E-state index in [1.807, 2.05) is 41.1 Å². The zero-order chi connectivity index (χ0) is 13.2. The monoisotopic (exact) mass is 270 g/mol. The molecule has 3 aromatic rings. The Hall–Kier alpha value is -2.13. The van der Waals surface area contributed by atoms with Crippen LogP contribution in [0, 0.1) is 0 Å². The van der Waals surface area contributed by atoms with Crippen molar-refractivity contribution in [3.8, 4) is 0 Å². The van der Waals surface area contributed by atoms with E-state index in [4.69, 9.17) is 11.6 Å². The van der Waals surface area contributed by atoms with Crippen molar-refractivity contribution in [1.82, 2.24) is 9.55 Å². The Bertz CT molecular complexity index is 749. The maximum atomic E-state index is 11.1. The summed E-state index contributed by atoms with van der Waals surface area (Å²) in [4.78, 5) is 15.1. The normalized spacial score (nSPS) is 10.8. The highest BCUT2D eigenvalue weighted by Crippen LogP contribution is 2.22. The number of rotatable bonds is 3. The van der Waals surface area contributed by atoms with Gasteiger partial charge in [-0.05, 0) is 23.8 Å². The van der Waals surface area contributed by atoms with Gasteiger partial charge in [0.1, 0.15) is 0 Å². The Kier molecular flexibility index (Phi) is 3.05. The number of benzene rings is 1. The van der Waals surface area contributed by atoms with Crippen molar-refractivity contribution in [3.63, 3.8) is 0 Å². The number of pyridine rings is 1. The van der Waals surface area contributed by atoms with Gasteiger partial charge in [-0.25, -0.2) is 0 Å². The number of hydrogen-bond acceptors (Lipinski definition) is 2. The highest BCUT2D eigenvalue weighted by atomic mass is 35.5. The number of nitrogens with zero attached hydrogens (tertiary/aromatic N) is 2. The quantitative estimate of drug-likeness (QED) is 0.682. The van der Waals surface area contributed by atoms with Gasteiger partial charge in [0, 0.05) is 36.1 Å². The summed E-state index contributed by atoms with van der Waals surface area (Å²) in [6.45, 7) is 0.621. The van der Waals surface area contributed by atoms with Crippen molar-refractivity contribution in [1.29, 1.82) is 0 Å². The molecule has 0 aliphatic rings. The molecule has 3 rings (SSSR count). The van der Waals surface area contributed by atoms with Crippen molar-refractivity contribution < 1.29 is 4.79 Å². The average Bonchev–Trinajstić information content (AvgIpc) is 2.85. The molecule has 0 aliphatic carbocycles. The zero-order valence-corrected chi connectivity index (χ0v) is 10.8. The van der Waals surface area contributed by atoms with Crippen LogP contribution in [0.1, 0.15) is 15.9 Å². The first kappa shape index (κ1) is 11.9. The molecule has 0 unspecified atom stereocenters. The van der Waals surface area contributed by atoms with Crippen LogP contribution in [-0.4, -0.2) is 15.8 Å². The van der Waals surface area contributed by atoms with E-state index in [0.29, 0.717) is 17.1 Å². The second-order valence-corrected chi connectivity index (χ2v) is 4.72. The molecule has 0 spiro atoms. The first-order valence-corrected chi connectivity index (χ1v) is 6.29. The predicted molar refractivity (Wildman–Crippen MR) is 75.7 cm³/mol. The van der Waals surface area contributed by atoms with Gasteiger partial charge in [0.05, 0.1) is 10.5 Å². The smallest absolute Gasteiger partial charge is 0.152 e. The summed E-state index contributed by atoms with van der Waals surface area (Å²) >= 11 is 6.12. The van der Waals surface area contributed by atoms with Crippen LogP contribution in [-0.2, 0) is 6.54 Å². The van der Waals surface area contributed by atoms with E-state index >= 15 is 0 Å². The highest BCUT2D eigenvalue weighted by molar-refractivity contribution is 6.31. The van der Waals surface area contributed by atoms with E-state index < -0.39 is 0 Å². The van der Waals surface area contributed by atoms with Crippen molar-refractivity contribution in [2.45, 2.75) is 6.54 Å².